The molecule has 0 spiro atoms. The van der Waals surface area contributed by atoms with Crippen LogP contribution in [0.2, 0.25) is 0 Å². The Balaban J connectivity index is 1.30. The summed E-state index contributed by atoms with van der Waals surface area (Å²) < 4.78 is 11.3. The lowest BCUT2D eigenvalue weighted by Crippen LogP contribution is -2.14. The number of benzene rings is 6. The fourth-order valence-corrected chi connectivity index (χ4v) is 8.11. The van der Waals surface area contributed by atoms with Gasteiger partial charge in [0.15, 0.2) is 0 Å². The lowest BCUT2D eigenvalue weighted by atomic mass is 10.1. The summed E-state index contributed by atoms with van der Waals surface area (Å²) in [6.07, 6.45) is 4.28. The molecule has 0 unspecified atom stereocenters. The fraction of sp³-hybridized carbons (Fsp3) is 0.0233. The summed E-state index contributed by atoms with van der Waals surface area (Å²) in [6, 6.07) is 49.4. The topological polar surface area (TPSA) is 21.3 Å². The van der Waals surface area contributed by atoms with Gasteiger partial charge in [-0.15, -0.1) is 11.3 Å². The van der Waals surface area contributed by atoms with Crippen molar-refractivity contribution in [2.24, 2.45) is 0 Å². The van der Waals surface area contributed by atoms with Crippen LogP contribution in [0, 0.1) is 0 Å². The second-order valence-electron chi connectivity index (χ2n) is 11.9. The van der Waals surface area contributed by atoms with Crippen molar-refractivity contribution in [3.05, 3.63) is 163 Å². The van der Waals surface area contributed by atoms with Gasteiger partial charge in [0.2, 0.25) is 0 Å². The zero-order valence-electron chi connectivity index (χ0n) is 25.9. The zero-order chi connectivity index (χ0) is 31.5. The number of para-hydroxylation sites is 3. The van der Waals surface area contributed by atoms with Crippen LogP contribution in [0.3, 0.4) is 0 Å². The second kappa shape index (κ2) is 10.9. The van der Waals surface area contributed by atoms with Gasteiger partial charge in [-0.25, -0.2) is 0 Å². The van der Waals surface area contributed by atoms with E-state index in [4.69, 9.17) is 4.42 Å². The molecular formula is C43H30N2OS. The molecule has 0 amide bonds. The number of allylic oxidation sites excluding steroid dienone is 1. The lowest BCUT2D eigenvalue weighted by Gasteiger charge is -2.26. The average molecular weight is 623 g/mol. The Bertz CT molecular complexity index is 2670. The molecule has 0 saturated carbocycles. The third kappa shape index (κ3) is 4.41. The van der Waals surface area contributed by atoms with Crippen LogP contribution in [-0.2, 0) is 0 Å². The van der Waals surface area contributed by atoms with Crippen LogP contribution in [0.4, 0.5) is 11.4 Å². The molecule has 0 N–H and O–H groups in total. The number of furan rings is 1. The van der Waals surface area contributed by atoms with Crippen molar-refractivity contribution in [1.29, 1.82) is 0 Å². The molecule has 3 aromatic heterocycles. The molecule has 0 atom stereocenters. The van der Waals surface area contributed by atoms with Gasteiger partial charge in [-0.3, -0.25) is 0 Å². The van der Waals surface area contributed by atoms with Crippen molar-refractivity contribution in [2.45, 2.75) is 6.92 Å². The third-order valence-corrected chi connectivity index (χ3v) is 10.3. The number of rotatable bonds is 6. The molecular weight excluding hydrogens is 593 g/mol. The molecule has 0 aliphatic carbocycles. The smallest absolute Gasteiger partial charge is 0.137 e. The van der Waals surface area contributed by atoms with Gasteiger partial charge < -0.3 is 13.9 Å². The van der Waals surface area contributed by atoms with Crippen molar-refractivity contribution in [3.63, 3.8) is 0 Å². The highest BCUT2D eigenvalue weighted by atomic mass is 32.1. The molecule has 9 aromatic rings. The number of aromatic nitrogens is 1. The number of hydrogen-bond acceptors (Lipinski definition) is 3. The second-order valence-corrected chi connectivity index (χ2v) is 13.0. The number of thiophene rings is 1. The van der Waals surface area contributed by atoms with E-state index in [1.54, 1.807) is 0 Å². The molecule has 4 heteroatoms. The first kappa shape index (κ1) is 27.5. The van der Waals surface area contributed by atoms with Crippen molar-refractivity contribution in [2.75, 3.05) is 4.90 Å². The highest BCUT2D eigenvalue weighted by Gasteiger charge is 2.20. The van der Waals surface area contributed by atoms with Crippen molar-refractivity contribution >= 4 is 87.9 Å². The minimum absolute atomic E-state index is 0.869. The van der Waals surface area contributed by atoms with E-state index in [1.807, 2.05) is 29.5 Å². The minimum Gasteiger partial charge on any atom is -0.456 e. The van der Waals surface area contributed by atoms with Crippen molar-refractivity contribution < 1.29 is 4.42 Å². The molecule has 224 valence electrons. The van der Waals surface area contributed by atoms with Gasteiger partial charge in [-0.2, -0.15) is 0 Å². The first-order valence-electron chi connectivity index (χ1n) is 15.8. The molecule has 0 radical (unpaired) electrons. The number of hydrogen-bond donors (Lipinski definition) is 0. The Morgan fingerprint density at radius 1 is 0.638 bits per heavy atom. The summed E-state index contributed by atoms with van der Waals surface area (Å²) in [5.74, 6) is 0. The molecule has 3 heterocycles. The van der Waals surface area contributed by atoms with E-state index >= 15 is 0 Å². The van der Waals surface area contributed by atoms with Crippen molar-refractivity contribution in [3.8, 4) is 5.69 Å². The largest absolute Gasteiger partial charge is 0.456 e. The predicted molar refractivity (Wildman–Crippen MR) is 202 cm³/mol. The Morgan fingerprint density at radius 3 is 2.15 bits per heavy atom. The molecule has 0 fully saturated rings. The molecule has 0 aliphatic heterocycles. The number of fused-ring (bicyclic) bond motifs is 7. The normalized spacial score (nSPS) is 12.1. The first-order valence-corrected chi connectivity index (χ1v) is 16.6. The predicted octanol–water partition coefficient (Wildman–Crippen LogP) is 12.7. The first-order chi connectivity index (χ1) is 23.2. The lowest BCUT2D eigenvalue weighted by molar-refractivity contribution is 0.669. The maximum Gasteiger partial charge on any atom is 0.137 e. The van der Waals surface area contributed by atoms with E-state index in [-0.39, 0.29) is 0 Å². The van der Waals surface area contributed by atoms with Crippen LogP contribution in [0.1, 0.15) is 18.2 Å². The molecule has 0 aliphatic rings. The molecule has 47 heavy (non-hydrogen) atoms. The number of anilines is 2. The highest BCUT2D eigenvalue weighted by Crippen LogP contribution is 2.41. The van der Waals surface area contributed by atoms with E-state index in [0.717, 1.165) is 61.5 Å². The standard InChI is InChI=1S/C43H30N2OS/c1-3-32-33-15-7-10-18-38(33)45(29-13-5-4-6-14-29)39(32)25-28(2)44(30-22-24-43-37(26-30)36-17-9-12-20-42(36)47-43)31-21-23-35-34-16-8-11-19-40(34)46-41(35)27-31/h3-27H,1H2,2H3/b28-25+. The summed E-state index contributed by atoms with van der Waals surface area (Å²) in [5, 5.41) is 5.95. The summed E-state index contributed by atoms with van der Waals surface area (Å²) in [5.41, 5.74) is 9.41. The maximum absolute atomic E-state index is 6.38. The third-order valence-electron chi connectivity index (χ3n) is 9.11. The Morgan fingerprint density at radius 2 is 1.30 bits per heavy atom. The Labute approximate surface area is 276 Å². The minimum atomic E-state index is 0.869. The summed E-state index contributed by atoms with van der Waals surface area (Å²) in [4.78, 5) is 2.35. The van der Waals surface area contributed by atoms with Crippen LogP contribution in [-0.4, -0.2) is 4.57 Å². The fourth-order valence-electron chi connectivity index (χ4n) is 7.02. The van der Waals surface area contributed by atoms with Gasteiger partial charge in [0.25, 0.3) is 0 Å². The summed E-state index contributed by atoms with van der Waals surface area (Å²) in [6.45, 7) is 6.45. The van der Waals surface area contributed by atoms with E-state index in [9.17, 15) is 0 Å². The number of nitrogens with zero attached hydrogens (tertiary/aromatic N) is 2. The van der Waals surface area contributed by atoms with Gasteiger partial charge in [-0.1, -0.05) is 85.5 Å². The van der Waals surface area contributed by atoms with Gasteiger partial charge in [0, 0.05) is 70.7 Å². The summed E-state index contributed by atoms with van der Waals surface area (Å²) >= 11 is 1.84. The van der Waals surface area contributed by atoms with Gasteiger partial charge in [0.05, 0.1) is 11.2 Å². The van der Waals surface area contributed by atoms with Gasteiger partial charge in [-0.05, 0) is 73.7 Å². The summed E-state index contributed by atoms with van der Waals surface area (Å²) in [7, 11) is 0. The van der Waals surface area contributed by atoms with Crippen LogP contribution >= 0.6 is 11.3 Å². The van der Waals surface area contributed by atoms with E-state index < -0.39 is 0 Å². The average Bonchev–Trinajstić information content (AvgIpc) is 3.77. The maximum atomic E-state index is 6.38. The van der Waals surface area contributed by atoms with Crippen molar-refractivity contribution in [1.82, 2.24) is 4.57 Å². The molecule has 0 saturated heterocycles. The highest BCUT2D eigenvalue weighted by molar-refractivity contribution is 7.25. The van der Waals surface area contributed by atoms with E-state index in [1.165, 1.54) is 25.6 Å². The zero-order valence-corrected chi connectivity index (χ0v) is 26.7. The monoisotopic (exact) mass is 622 g/mol. The quantitative estimate of drug-likeness (QED) is 0.184. The van der Waals surface area contributed by atoms with E-state index in [2.05, 4.69) is 156 Å². The Hall–Kier alpha value is -5.84. The van der Waals surface area contributed by atoms with Gasteiger partial charge >= 0.3 is 0 Å². The molecule has 6 aromatic carbocycles. The van der Waals surface area contributed by atoms with Crippen LogP contribution in [0.25, 0.3) is 70.9 Å². The molecule has 3 nitrogen and oxygen atoms in total. The Kier molecular flexibility index (Phi) is 6.37. The van der Waals surface area contributed by atoms with Crippen LogP contribution in [0.15, 0.2) is 156 Å². The SMILES string of the molecule is C=Cc1c(/C=C(\C)N(c2ccc3c(c2)oc2ccccc23)c2ccc3sc4ccccc4c3c2)n(-c2ccccc2)c2ccccc12. The van der Waals surface area contributed by atoms with Crippen LogP contribution < -0.4 is 4.90 Å². The molecule has 0 bridgehead atoms. The van der Waals surface area contributed by atoms with Crippen LogP contribution in [0.5, 0.6) is 0 Å². The van der Waals surface area contributed by atoms with E-state index in [0.29, 0.717) is 0 Å². The molecule has 9 rings (SSSR count). The van der Waals surface area contributed by atoms with Gasteiger partial charge in [0.1, 0.15) is 11.2 Å².